The van der Waals surface area contributed by atoms with Crippen molar-refractivity contribution in [3.05, 3.63) is 111 Å². The highest BCUT2D eigenvalue weighted by Crippen LogP contribution is 2.27. The summed E-state index contributed by atoms with van der Waals surface area (Å²) in [6.07, 6.45) is 4.31. The zero-order valence-electron chi connectivity index (χ0n) is 14.2. The van der Waals surface area contributed by atoms with Gasteiger partial charge in [0.15, 0.2) is 0 Å². The van der Waals surface area contributed by atoms with Crippen molar-refractivity contribution in [3.63, 3.8) is 0 Å². The number of hydrogen-bond donors (Lipinski definition) is 0. The maximum atomic E-state index is 6.05. The molecule has 0 aliphatic heterocycles. The highest BCUT2D eigenvalue weighted by Gasteiger charge is 2.06. The van der Waals surface area contributed by atoms with Crippen molar-refractivity contribution >= 4 is 28.8 Å². The molecule has 0 unspecified atom stereocenters. The fourth-order valence-corrected chi connectivity index (χ4v) is 3.18. The second-order valence-corrected chi connectivity index (χ2v) is 6.97. The van der Waals surface area contributed by atoms with Crippen LogP contribution in [-0.4, -0.2) is 0 Å². The molecule has 0 fully saturated rings. The molecular weight excluding hydrogens is 347 g/mol. The Hall–Kier alpha value is -2.02. The van der Waals surface area contributed by atoms with Crippen LogP contribution in [0.2, 0.25) is 10.0 Å². The molecule has 0 heterocycles. The number of aryl methyl sites for hydroxylation is 2. The maximum Gasteiger partial charge on any atom is 0.0406 e. The van der Waals surface area contributed by atoms with Crippen LogP contribution in [-0.2, 0) is 6.42 Å². The van der Waals surface area contributed by atoms with Gasteiger partial charge in [-0.3, -0.25) is 0 Å². The first-order valence-electron chi connectivity index (χ1n) is 8.40. The molecule has 0 radical (unpaired) electrons. The molecule has 2 heteroatoms. The molecular formula is C23H20Cl2. The molecule has 25 heavy (non-hydrogen) atoms. The van der Waals surface area contributed by atoms with Crippen LogP contribution in [0.1, 0.15) is 28.7 Å². The average Bonchev–Trinajstić information content (AvgIpc) is 2.62. The van der Waals surface area contributed by atoms with Crippen LogP contribution in [0.4, 0.5) is 0 Å². The van der Waals surface area contributed by atoms with E-state index in [2.05, 4.69) is 61.5 Å². The number of halogens is 2. The third-order valence-electron chi connectivity index (χ3n) is 4.33. The lowest BCUT2D eigenvalue weighted by Gasteiger charge is -2.10. The van der Waals surface area contributed by atoms with Crippen molar-refractivity contribution in [3.8, 4) is 0 Å². The lowest BCUT2D eigenvalue weighted by atomic mass is 9.95. The van der Waals surface area contributed by atoms with E-state index in [0.29, 0.717) is 0 Å². The minimum atomic E-state index is 0.749. The summed E-state index contributed by atoms with van der Waals surface area (Å²) in [4.78, 5) is 0. The summed E-state index contributed by atoms with van der Waals surface area (Å²) in [6.45, 7) is 2.17. The van der Waals surface area contributed by atoms with Crippen molar-refractivity contribution in [1.82, 2.24) is 0 Å². The van der Waals surface area contributed by atoms with Gasteiger partial charge in [0.1, 0.15) is 0 Å². The Morgan fingerprint density at radius 2 is 1.28 bits per heavy atom. The molecule has 0 saturated carbocycles. The highest BCUT2D eigenvalue weighted by atomic mass is 35.5. The monoisotopic (exact) mass is 366 g/mol. The van der Waals surface area contributed by atoms with Crippen molar-refractivity contribution in [2.45, 2.75) is 19.8 Å². The molecule has 0 bridgehead atoms. The van der Waals surface area contributed by atoms with Crippen molar-refractivity contribution in [2.75, 3.05) is 0 Å². The number of hydrogen-bond acceptors (Lipinski definition) is 0. The topological polar surface area (TPSA) is 0 Å². The number of rotatable bonds is 5. The maximum absolute atomic E-state index is 6.05. The van der Waals surface area contributed by atoms with Gasteiger partial charge < -0.3 is 0 Å². The SMILES string of the molecule is Cc1ccccc1CCC=C(c1ccc(Cl)cc1)c1ccc(Cl)cc1. The summed E-state index contributed by atoms with van der Waals surface area (Å²) in [7, 11) is 0. The molecule has 0 N–H and O–H groups in total. The fraction of sp³-hybridized carbons (Fsp3) is 0.130. The van der Waals surface area contributed by atoms with Gasteiger partial charge in [0.25, 0.3) is 0 Å². The van der Waals surface area contributed by atoms with Gasteiger partial charge in [-0.05, 0) is 71.9 Å². The lowest BCUT2D eigenvalue weighted by molar-refractivity contribution is 0.988. The van der Waals surface area contributed by atoms with E-state index in [1.54, 1.807) is 0 Å². The van der Waals surface area contributed by atoms with E-state index in [9.17, 15) is 0 Å². The first-order valence-corrected chi connectivity index (χ1v) is 9.15. The highest BCUT2D eigenvalue weighted by molar-refractivity contribution is 6.31. The summed E-state index contributed by atoms with van der Waals surface area (Å²) in [5.74, 6) is 0. The van der Waals surface area contributed by atoms with Crippen LogP contribution in [0, 0.1) is 6.92 Å². The van der Waals surface area contributed by atoms with E-state index in [4.69, 9.17) is 23.2 Å². The Kier molecular flexibility index (Phi) is 5.96. The zero-order valence-corrected chi connectivity index (χ0v) is 15.7. The van der Waals surface area contributed by atoms with E-state index in [1.807, 2.05) is 24.3 Å². The van der Waals surface area contributed by atoms with Gasteiger partial charge >= 0.3 is 0 Å². The number of benzene rings is 3. The molecule has 0 spiro atoms. The van der Waals surface area contributed by atoms with Crippen molar-refractivity contribution in [2.24, 2.45) is 0 Å². The van der Waals surface area contributed by atoms with Gasteiger partial charge in [-0.2, -0.15) is 0 Å². The summed E-state index contributed by atoms with van der Waals surface area (Å²) in [5.41, 5.74) is 6.27. The van der Waals surface area contributed by atoms with Gasteiger partial charge in [0.2, 0.25) is 0 Å². The van der Waals surface area contributed by atoms with E-state index in [0.717, 1.165) is 34.0 Å². The lowest BCUT2D eigenvalue weighted by Crippen LogP contribution is -1.91. The van der Waals surface area contributed by atoms with Gasteiger partial charge in [-0.25, -0.2) is 0 Å². The smallest absolute Gasteiger partial charge is 0.0406 e. The largest absolute Gasteiger partial charge is 0.0843 e. The second kappa shape index (κ2) is 8.38. The molecule has 3 rings (SSSR count). The van der Waals surface area contributed by atoms with Crippen LogP contribution in [0.3, 0.4) is 0 Å². The van der Waals surface area contributed by atoms with E-state index in [1.165, 1.54) is 16.7 Å². The third kappa shape index (κ3) is 4.75. The van der Waals surface area contributed by atoms with Gasteiger partial charge in [-0.1, -0.05) is 77.8 Å². The van der Waals surface area contributed by atoms with Crippen LogP contribution in [0.25, 0.3) is 5.57 Å². The van der Waals surface area contributed by atoms with E-state index >= 15 is 0 Å². The molecule has 0 atom stereocenters. The number of allylic oxidation sites excluding steroid dienone is 1. The van der Waals surface area contributed by atoms with Crippen LogP contribution < -0.4 is 0 Å². The Labute approximate surface area is 159 Å². The predicted octanol–water partition coefficient (Wildman–Crippen LogP) is 7.37. The summed E-state index contributed by atoms with van der Waals surface area (Å²) in [6, 6.07) is 24.5. The first-order chi connectivity index (χ1) is 12.1. The standard InChI is InChI=1S/C23H20Cl2/c1-17-5-2-3-6-18(17)7-4-8-23(19-9-13-21(24)14-10-19)20-11-15-22(25)16-12-20/h2-3,5-6,8-16H,4,7H2,1H3. The van der Waals surface area contributed by atoms with Gasteiger partial charge in [0, 0.05) is 10.0 Å². The minimum Gasteiger partial charge on any atom is -0.0843 e. The molecule has 0 aromatic heterocycles. The average molecular weight is 367 g/mol. The molecule has 3 aromatic rings. The first kappa shape index (κ1) is 17.8. The summed E-state index contributed by atoms with van der Waals surface area (Å²) >= 11 is 12.1. The molecule has 3 aromatic carbocycles. The molecule has 0 amide bonds. The Morgan fingerprint density at radius 3 is 1.80 bits per heavy atom. The van der Waals surface area contributed by atoms with E-state index in [-0.39, 0.29) is 0 Å². The Morgan fingerprint density at radius 1 is 0.760 bits per heavy atom. The molecule has 0 aliphatic rings. The van der Waals surface area contributed by atoms with Crippen molar-refractivity contribution < 1.29 is 0 Å². The summed E-state index contributed by atoms with van der Waals surface area (Å²) in [5, 5.41) is 1.50. The normalized spacial score (nSPS) is 10.5. The van der Waals surface area contributed by atoms with Gasteiger partial charge in [0.05, 0.1) is 0 Å². The third-order valence-corrected chi connectivity index (χ3v) is 4.84. The molecule has 0 saturated heterocycles. The van der Waals surface area contributed by atoms with Gasteiger partial charge in [-0.15, -0.1) is 0 Å². The molecule has 0 nitrogen and oxygen atoms in total. The zero-order chi connectivity index (χ0) is 17.6. The van der Waals surface area contributed by atoms with E-state index < -0.39 is 0 Å². The van der Waals surface area contributed by atoms with Crippen molar-refractivity contribution in [1.29, 1.82) is 0 Å². The molecule has 0 aliphatic carbocycles. The van der Waals surface area contributed by atoms with Crippen LogP contribution in [0.15, 0.2) is 78.9 Å². The predicted molar refractivity (Wildman–Crippen MR) is 109 cm³/mol. The molecule has 126 valence electrons. The summed E-state index contributed by atoms with van der Waals surface area (Å²) < 4.78 is 0. The van der Waals surface area contributed by atoms with Crippen LogP contribution >= 0.6 is 23.2 Å². The fourth-order valence-electron chi connectivity index (χ4n) is 2.92. The Bertz CT molecular complexity index is 812. The second-order valence-electron chi connectivity index (χ2n) is 6.10. The Balaban J connectivity index is 1.89. The van der Waals surface area contributed by atoms with Crippen LogP contribution in [0.5, 0.6) is 0 Å². The quantitative estimate of drug-likeness (QED) is 0.442. The minimum absolute atomic E-state index is 0.749.